The Labute approximate surface area is 248 Å². The molecule has 8 rings (SSSR count). The van der Waals surface area contributed by atoms with Crippen molar-refractivity contribution in [1.29, 1.82) is 0 Å². The van der Waals surface area contributed by atoms with Crippen molar-refractivity contribution in [3.8, 4) is 22.5 Å². The Morgan fingerprint density at radius 3 is 2.42 bits per heavy atom. The summed E-state index contributed by atoms with van der Waals surface area (Å²) in [7, 11) is 0. The van der Waals surface area contributed by atoms with E-state index in [-0.39, 0.29) is 20.1 Å². The zero-order valence-electron chi connectivity index (χ0n) is 21.4. The number of hydrogen-bond donors (Lipinski definition) is 0. The summed E-state index contributed by atoms with van der Waals surface area (Å²) in [6.45, 7) is 1.97. The van der Waals surface area contributed by atoms with Crippen LogP contribution in [0, 0.1) is 19.1 Å². The van der Waals surface area contributed by atoms with Crippen LogP contribution in [0.15, 0.2) is 114 Å². The van der Waals surface area contributed by atoms with Gasteiger partial charge in [-0.25, -0.2) is 4.98 Å². The first-order valence-corrected chi connectivity index (χ1v) is 13.4. The van der Waals surface area contributed by atoms with Gasteiger partial charge in [0.2, 0.25) is 5.71 Å². The third-order valence-corrected chi connectivity index (χ3v) is 7.74. The van der Waals surface area contributed by atoms with Crippen LogP contribution in [0.1, 0.15) is 5.69 Å². The number of hydrogen-bond acceptors (Lipinski definition) is 5. The number of rotatable bonds is 2. The zero-order valence-corrected chi connectivity index (χ0v) is 24.6. The van der Waals surface area contributed by atoms with Crippen LogP contribution < -0.4 is 0 Å². The first kappa shape index (κ1) is 26.0. The maximum atomic E-state index is 6.11. The molecule has 0 aliphatic heterocycles. The Hall–Kier alpha value is -4.22. The minimum absolute atomic E-state index is 0. The topological polar surface area (TPSA) is 51.8 Å². The Balaban J connectivity index is 0.000000188. The maximum absolute atomic E-state index is 6.11. The van der Waals surface area contributed by atoms with Crippen molar-refractivity contribution in [2.75, 3.05) is 0 Å². The fourth-order valence-corrected chi connectivity index (χ4v) is 5.85. The average Bonchev–Trinajstić information content (AvgIpc) is 3.55. The van der Waals surface area contributed by atoms with Crippen molar-refractivity contribution in [1.82, 2.24) is 15.0 Å². The van der Waals surface area contributed by atoms with Gasteiger partial charge < -0.3 is 14.4 Å². The summed E-state index contributed by atoms with van der Waals surface area (Å²) in [5.74, 6) is 0. The van der Waals surface area contributed by atoms with E-state index in [0.29, 0.717) is 5.71 Å². The predicted octanol–water partition coefficient (Wildman–Crippen LogP) is 9.07. The zero-order chi connectivity index (χ0) is 26.2. The number of pyridine rings is 3. The molecule has 0 atom stereocenters. The van der Waals surface area contributed by atoms with Crippen molar-refractivity contribution in [2.45, 2.75) is 6.92 Å². The molecule has 0 saturated heterocycles. The van der Waals surface area contributed by atoms with E-state index >= 15 is 0 Å². The molecule has 5 aromatic heterocycles. The van der Waals surface area contributed by atoms with Gasteiger partial charge in [-0.15, -0.1) is 65.4 Å². The van der Waals surface area contributed by atoms with Crippen LogP contribution in [-0.2, 0) is 20.1 Å². The van der Waals surface area contributed by atoms with E-state index in [4.69, 9.17) is 9.40 Å². The van der Waals surface area contributed by atoms with Crippen molar-refractivity contribution in [3.63, 3.8) is 0 Å². The van der Waals surface area contributed by atoms with E-state index in [1.807, 2.05) is 73.8 Å². The van der Waals surface area contributed by atoms with Crippen LogP contribution in [0.25, 0.3) is 64.8 Å². The average molecular weight is 712 g/mol. The SMILES string of the molecule is Cc1ccc2c(n1)oc1c(-c3cc4sc5ccccc5c4cn3)[c-]ccc12.[Ir].[c-]1ccccc1-c1ccccn1. The maximum Gasteiger partial charge on any atom is 0.216 e. The van der Waals surface area contributed by atoms with E-state index in [1.54, 1.807) is 17.5 Å². The van der Waals surface area contributed by atoms with Crippen LogP contribution in [0.2, 0.25) is 0 Å². The van der Waals surface area contributed by atoms with Gasteiger partial charge in [0, 0.05) is 63.8 Å². The normalized spacial score (nSPS) is 10.9. The number of aryl methyl sites for hydroxylation is 1. The van der Waals surface area contributed by atoms with E-state index < -0.39 is 0 Å². The molecule has 1 radical (unpaired) electrons. The molecule has 0 fully saturated rings. The molecule has 0 N–H and O–H groups in total. The molecule has 3 aromatic carbocycles. The quantitative estimate of drug-likeness (QED) is 0.168. The van der Waals surface area contributed by atoms with E-state index in [1.165, 1.54) is 20.2 Å². The molecular weight excluding hydrogens is 691 g/mol. The second kappa shape index (κ2) is 11.1. The summed E-state index contributed by atoms with van der Waals surface area (Å²) in [5, 5.41) is 4.51. The molecule has 5 heterocycles. The molecule has 0 aliphatic carbocycles. The Morgan fingerprint density at radius 2 is 1.57 bits per heavy atom. The van der Waals surface area contributed by atoms with Crippen LogP contribution in [0.3, 0.4) is 0 Å². The molecule has 0 saturated carbocycles. The minimum Gasteiger partial charge on any atom is -0.486 e. The van der Waals surface area contributed by atoms with Gasteiger partial charge in [-0.2, -0.15) is 0 Å². The number of furan rings is 1. The summed E-state index contributed by atoms with van der Waals surface area (Å²) in [5.41, 5.74) is 6.15. The first-order chi connectivity index (χ1) is 19.2. The number of benzene rings is 3. The van der Waals surface area contributed by atoms with Gasteiger partial charge in [-0.05, 0) is 42.6 Å². The molecule has 0 spiro atoms. The minimum atomic E-state index is 0. The third-order valence-electron chi connectivity index (χ3n) is 6.61. The molecule has 6 heteroatoms. The molecule has 8 aromatic rings. The molecule has 40 heavy (non-hydrogen) atoms. The number of thiophene rings is 1. The molecule has 4 nitrogen and oxygen atoms in total. The van der Waals surface area contributed by atoms with E-state index in [0.717, 1.165) is 44.6 Å². The second-order valence-electron chi connectivity index (χ2n) is 9.16. The Kier molecular flexibility index (Phi) is 7.23. The molecule has 0 unspecified atom stereocenters. The monoisotopic (exact) mass is 712 g/mol. The largest absolute Gasteiger partial charge is 0.486 e. The molecule has 195 valence electrons. The molecular formula is C34H21IrN3OS-2. The third kappa shape index (κ3) is 4.82. The fourth-order valence-electron chi connectivity index (χ4n) is 4.74. The van der Waals surface area contributed by atoms with E-state index in [9.17, 15) is 0 Å². The molecule has 0 amide bonds. The van der Waals surface area contributed by atoms with Gasteiger partial charge in [0.1, 0.15) is 0 Å². The Bertz CT molecular complexity index is 2050. The van der Waals surface area contributed by atoms with Crippen molar-refractivity contribution in [3.05, 3.63) is 127 Å². The van der Waals surface area contributed by atoms with Crippen molar-refractivity contribution < 1.29 is 24.5 Å². The summed E-state index contributed by atoms with van der Waals surface area (Å²) in [4.78, 5) is 13.5. The summed E-state index contributed by atoms with van der Waals surface area (Å²) in [6.07, 6.45) is 3.75. The van der Waals surface area contributed by atoms with Gasteiger partial charge in [0.15, 0.2) is 0 Å². The smallest absolute Gasteiger partial charge is 0.216 e. The van der Waals surface area contributed by atoms with Crippen LogP contribution >= 0.6 is 11.3 Å². The van der Waals surface area contributed by atoms with Gasteiger partial charge in [0.05, 0.1) is 5.58 Å². The molecule has 0 aliphatic rings. The number of nitrogens with zero attached hydrogens (tertiary/aromatic N) is 3. The van der Waals surface area contributed by atoms with Crippen LogP contribution in [0.5, 0.6) is 0 Å². The predicted molar refractivity (Wildman–Crippen MR) is 160 cm³/mol. The van der Waals surface area contributed by atoms with Gasteiger partial charge in [-0.1, -0.05) is 47.3 Å². The Morgan fingerprint density at radius 1 is 0.700 bits per heavy atom. The van der Waals surface area contributed by atoms with Crippen LogP contribution in [0.4, 0.5) is 0 Å². The van der Waals surface area contributed by atoms with Crippen molar-refractivity contribution >= 4 is 53.6 Å². The summed E-state index contributed by atoms with van der Waals surface area (Å²) < 4.78 is 8.61. The van der Waals surface area contributed by atoms with Crippen LogP contribution in [-0.4, -0.2) is 15.0 Å². The standard InChI is InChI=1S/C23H13N2OS.C11H8N.Ir/c1-13-9-10-16-15-6-4-7-17(22(15)26-23(16)25-13)19-11-21-18(12-24-19)14-5-2-3-8-20(14)27-21;1-2-6-10(7-3-1)11-8-4-5-9-12-11;/h2-6,8-12H,1H3;1-6,8-9H;/q2*-1;. The molecule has 0 bridgehead atoms. The van der Waals surface area contributed by atoms with Gasteiger partial charge >= 0.3 is 0 Å². The number of aromatic nitrogens is 3. The fraction of sp³-hybridized carbons (Fsp3) is 0.0294. The van der Waals surface area contributed by atoms with E-state index in [2.05, 4.69) is 58.5 Å². The second-order valence-corrected chi connectivity index (χ2v) is 10.2. The van der Waals surface area contributed by atoms with Gasteiger partial charge in [0.25, 0.3) is 0 Å². The summed E-state index contributed by atoms with van der Waals surface area (Å²) in [6, 6.07) is 38.8. The summed E-state index contributed by atoms with van der Waals surface area (Å²) >= 11 is 1.79. The van der Waals surface area contributed by atoms with Crippen molar-refractivity contribution in [2.24, 2.45) is 0 Å². The first-order valence-electron chi connectivity index (χ1n) is 12.6. The van der Waals surface area contributed by atoms with Gasteiger partial charge in [-0.3, -0.25) is 0 Å². The number of fused-ring (bicyclic) bond motifs is 6.